The number of aromatic nitrogens is 2. The van der Waals surface area contributed by atoms with Crippen LogP contribution in [0.3, 0.4) is 0 Å². The molecular weight excluding hydrogens is 348 g/mol. The van der Waals surface area contributed by atoms with Crippen molar-refractivity contribution in [3.63, 3.8) is 0 Å². The molecule has 0 N–H and O–H groups in total. The van der Waals surface area contributed by atoms with E-state index in [1.165, 1.54) is 12.7 Å². The molecule has 0 amide bonds. The highest BCUT2D eigenvalue weighted by Crippen LogP contribution is 2.35. The summed E-state index contributed by atoms with van der Waals surface area (Å²) < 4.78 is 7.10. The van der Waals surface area contributed by atoms with Crippen molar-refractivity contribution in [3.8, 4) is 5.69 Å². The van der Waals surface area contributed by atoms with Crippen molar-refractivity contribution in [3.05, 3.63) is 71.4 Å². The molecule has 4 rings (SSSR count). The number of nitrogens with zero attached hydrogens (tertiary/aromatic N) is 2. The topological polar surface area (TPSA) is 44.1 Å². The van der Waals surface area contributed by atoms with Gasteiger partial charge in [-0.2, -0.15) is 0 Å². The number of carbonyl (C=O) groups is 1. The quantitative estimate of drug-likeness (QED) is 0.432. The number of benzene rings is 2. The van der Waals surface area contributed by atoms with Crippen LogP contribution >= 0.6 is 0 Å². The molecule has 0 spiro atoms. The number of fused-ring (bicyclic) bond motifs is 3. The van der Waals surface area contributed by atoms with E-state index in [2.05, 4.69) is 54.6 Å². The second-order valence-electron chi connectivity index (χ2n) is 8.20. The maximum Gasteiger partial charge on any atom is 0.339 e. The molecular formula is C24H24N2O2. The zero-order chi connectivity index (χ0) is 20.1. The lowest BCUT2D eigenvalue weighted by atomic mass is 9.86. The third-order valence-electron chi connectivity index (χ3n) is 5.19. The monoisotopic (exact) mass is 372 g/mol. The fourth-order valence-electron chi connectivity index (χ4n) is 3.67. The van der Waals surface area contributed by atoms with Crippen LogP contribution in [0.5, 0.6) is 0 Å². The van der Waals surface area contributed by atoms with Gasteiger partial charge in [-0.25, -0.2) is 9.78 Å². The van der Waals surface area contributed by atoms with Gasteiger partial charge in [-0.1, -0.05) is 32.9 Å². The first-order chi connectivity index (χ1) is 13.3. The molecule has 2 aromatic heterocycles. The molecule has 142 valence electrons. The van der Waals surface area contributed by atoms with Crippen molar-refractivity contribution in [1.29, 1.82) is 0 Å². The number of hydrogen-bond donors (Lipinski definition) is 0. The third-order valence-corrected chi connectivity index (χ3v) is 5.19. The highest BCUT2D eigenvalue weighted by molar-refractivity contribution is 6.09. The second-order valence-corrected chi connectivity index (χ2v) is 8.20. The molecule has 4 aromatic rings. The minimum atomic E-state index is -0.354. The third kappa shape index (κ3) is 2.85. The maximum atomic E-state index is 12.4. The van der Waals surface area contributed by atoms with Crippen LogP contribution in [0.1, 0.15) is 42.3 Å². The summed E-state index contributed by atoms with van der Waals surface area (Å²) in [6, 6.07) is 16.3. The fraction of sp³-hybridized carbons (Fsp3) is 0.250. The summed E-state index contributed by atoms with van der Waals surface area (Å²) in [5.41, 5.74) is 5.55. The number of ether oxygens (including phenoxy) is 1. The number of aryl methyl sites for hydroxylation is 1. The molecule has 28 heavy (non-hydrogen) atoms. The van der Waals surface area contributed by atoms with Crippen LogP contribution in [0.25, 0.3) is 27.6 Å². The second kappa shape index (κ2) is 6.48. The van der Waals surface area contributed by atoms with Crippen molar-refractivity contribution in [1.82, 2.24) is 9.55 Å². The minimum absolute atomic E-state index is 0.0470. The van der Waals surface area contributed by atoms with Gasteiger partial charge in [-0.3, -0.25) is 4.57 Å². The van der Waals surface area contributed by atoms with E-state index in [0.717, 1.165) is 33.2 Å². The lowest BCUT2D eigenvalue weighted by molar-refractivity contribution is 0.0601. The summed E-state index contributed by atoms with van der Waals surface area (Å²) in [7, 11) is 1.41. The molecule has 0 aliphatic carbocycles. The molecule has 0 saturated heterocycles. The normalized spacial score (nSPS) is 11.9. The Hall–Kier alpha value is -3.14. The van der Waals surface area contributed by atoms with Gasteiger partial charge in [-0.05, 0) is 59.9 Å². The zero-order valence-corrected chi connectivity index (χ0v) is 16.9. The summed E-state index contributed by atoms with van der Waals surface area (Å²) in [6.07, 6.45) is 1.79. The van der Waals surface area contributed by atoms with Crippen LogP contribution in [0, 0.1) is 6.92 Å². The van der Waals surface area contributed by atoms with E-state index in [1.54, 1.807) is 6.20 Å². The molecule has 2 aromatic carbocycles. The molecule has 0 aliphatic rings. The predicted molar refractivity (Wildman–Crippen MR) is 113 cm³/mol. The van der Waals surface area contributed by atoms with Crippen LogP contribution in [0.15, 0.2) is 54.7 Å². The summed E-state index contributed by atoms with van der Waals surface area (Å²) in [6.45, 7) is 8.65. The van der Waals surface area contributed by atoms with Crippen LogP contribution in [0.2, 0.25) is 0 Å². The van der Waals surface area contributed by atoms with Crippen LogP contribution in [-0.2, 0) is 10.2 Å². The van der Waals surface area contributed by atoms with Crippen LogP contribution < -0.4 is 0 Å². The average molecular weight is 372 g/mol. The molecule has 0 bridgehead atoms. The van der Waals surface area contributed by atoms with Gasteiger partial charge in [0.05, 0.1) is 23.9 Å². The Balaban J connectivity index is 2.13. The molecule has 4 heteroatoms. The summed E-state index contributed by atoms with van der Waals surface area (Å²) in [4.78, 5) is 17.1. The Morgan fingerprint density at radius 1 is 1.04 bits per heavy atom. The SMILES string of the molecule is COC(=O)c1ccc(C)cc1-n1c2ccc(C(C)(C)C)cc2c2cccnc21. The zero-order valence-electron chi connectivity index (χ0n) is 16.9. The molecule has 4 nitrogen and oxygen atoms in total. The van der Waals surface area contributed by atoms with Gasteiger partial charge in [0.1, 0.15) is 5.65 Å². The predicted octanol–water partition coefficient (Wildman–Crippen LogP) is 5.57. The maximum absolute atomic E-state index is 12.4. The Labute approximate surface area is 164 Å². The molecule has 0 saturated carbocycles. The Morgan fingerprint density at radius 3 is 2.54 bits per heavy atom. The van der Waals surface area contributed by atoms with Gasteiger partial charge >= 0.3 is 5.97 Å². The lowest BCUT2D eigenvalue weighted by Crippen LogP contribution is -2.11. The minimum Gasteiger partial charge on any atom is -0.465 e. The standard InChI is InChI=1S/C24H24N2O2/c1-15-8-10-18(23(27)28-5)21(13-15)26-20-11-9-16(24(2,3)4)14-19(20)17-7-6-12-25-22(17)26/h6-14H,1-5H3. The molecule has 2 heterocycles. The van der Waals surface area contributed by atoms with E-state index >= 15 is 0 Å². The molecule has 0 radical (unpaired) electrons. The van der Waals surface area contributed by atoms with E-state index in [9.17, 15) is 4.79 Å². The highest BCUT2D eigenvalue weighted by Gasteiger charge is 2.21. The average Bonchev–Trinajstić information content (AvgIpc) is 3.00. The molecule has 0 aliphatic heterocycles. The van der Waals surface area contributed by atoms with E-state index in [0.29, 0.717) is 5.56 Å². The van der Waals surface area contributed by atoms with E-state index < -0.39 is 0 Å². The number of carbonyl (C=O) groups excluding carboxylic acids is 1. The van der Waals surface area contributed by atoms with Crippen molar-refractivity contribution >= 4 is 27.9 Å². The number of methoxy groups -OCH3 is 1. The van der Waals surface area contributed by atoms with Gasteiger partial charge in [-0.15, -0.1) is 0 Å². The van der Waals surface area contributed by atoms with Crippen LogP contribution in [0.4, 0.5) is 0 Å². The van der Waals surface area contributed by atoms with E-state index in [-0.39, 0.29) is 11.4 Å². The fourth-order valence-corrected chi connectivity index (χ4v) is 3.67. The molecule has 0 unspecified atom stereocenters. The van der Waals surface area contributed by atoms with Gasteiger partial charge < -0.3 is 4.74 Å². The number of esters is 1. The van der Waals surface area contributed by atoms with Crippen molar-refractivity contribution in [2.24, 2.45) is 0 Å². The van der Waals surface area contributed by atoms with Crippen molar-refractivity contribution < 1.29 is 9.53 Å². The molecule has 0 fully saturated rings. The summed E-state index contributed by atoms with van der Waals surface area (Å²) >= 11 is 0. The number of pyridine rings is 1. The first kappa shape index (κ1) is 18.2. The highest BCUT2D eigenvalue weighted by atomic mass is 16.5. The first-order valence-corrected chi connectivity index (χ1v) is 9.40. The smallest absolute Gasteiger partial charge is 0.339 e. The lowest BCUT2D eigenvalue weighted by Gasteiger charge is -2.19. The van der Waals surface area contributed by atoms with Crippen LogP contribution in [-0.4, -0.2) is 22.6 Å². The first-order valence-electron chi connectivity index (χ1n) is 9.40. The van der Waals surface area contributed by atoms with E-state index in [1.807, 2.05) is 31.2 Å². The van der Waals surface area contributed by atoms with Crippen molar-refractivity contribution in [2.75, 3.05) is 7.11 Å². The summed E-state index contributed by atoms with van der Waals surface area (Å²) in [5.74, 6) is -0.354. The van der Waals surface area contributed by atoms with Gasteiger partial charge in [0, 0.05) is 17.0 Å². The Bertz CT molecular complexity index is 1210. The van der Waals surface area contributed by atoms with Gasteiger partial charge in [0.25, 0.3) is 0 Å². The largest absolute Gasteiger partial charge is 0.465 e. The number of hydrogen-bond acceptors (Lipinski definition) is 3. The number of rotatable bonds is 2. The van der Waals surface area contributed by atoms with Gasteiger partial charge in [0.15, 0.2) is 0 Å². The summed E-state index contributed by atoms with van der Waals surface area (Å²) in [5, 5.41) is 2.20. The van der Waals surface area contributed by atoms with Gasteiger partial charge in [0.2, 0.25) is 0 Å². The van der Waals surface area contributed by atoms with Crippen molar-refractivity contribution in [2.45, 2.75) is 33.1 Å². The van der Waals surface area contributed by atoms with E-state index in [4.69, 9.17) is 4.74 Å². The molecule has 0 atom stereocenters. The Morgan fingerprint density at radius 2 is 1.82 bits per heavy atom. The Kier molecular flexibility index (Phi) is 4.22.